The Morgan fingerprint density at radius 2 is 1.92 bits per heavy atom. The molecule has 0 bridgehead atoms. The summed E-state index contributed by atoms with van der Waals surface area (Å²) in [7, 11) is 0. The van der Waals surface area contributed by atoms with Crippen molar-refractivity contribution in [2.75, 3.05) is 13.1 Å². The second kappa shape index (κ2) is 11.6. The average molecular weight is 543 g/mol. The zero-order chi connectivity index (χ0) is 27.3. The molecule has 0 unspecified atom stereocenters. The molecule has 0 aliphatic rings. The topological polar surface area (TPSA) is 113 Å². The number of aromatic nitrogens is 4. The molecule has 0 saturated heterocycles. The van der Waals surface area contributed by atoms with E-state index in [2.05, 4.69) is 25.3 Å². The van der Waals surface area contributed by atoms with Gasteiger partial charge >= 0.3 is 6.09 Å². The Morgan fingerprint density at radius 3 is 2.68 bits per heavy atom. The molecule has 0 aliphatic heterocycles. The second-order valence-electron chi connectivity index (χ2n) is 9.55. The van der Waals surface area contributed by atoms with Gasteiger partial charge in [-0.25, -0.2) is 23.5 Å². The van der Waals surface area contributed by atoms with E-state index in [4.69, 9.17) is 4.74 Å². The van der Waals surface area contributed by atoms with Gasteiger partial charge < -0.3 is 19.9 Å². The van der Waals surface area contributed by atoms with Crippen LogP contribution < -0.4 is 5.32 Å². The maximum absolute atomic E-state index is 13.7. The smallest absolute Gasteiger partial charge is 0.410 e. The number of thiazole rings is 1. The van der Waals surface area contributed by atoms with Crippen molar-refractivity contribution in [2.24, 2.45) is 0 Å². The van der Waals surface area contributed by atoms with Crippen LogP contribution in [0.25, 0.3) is 11.0 Å². The van der Waals surface area contributed by atoms with Crippen LogP contribution >= 0.6 is 11.3 Å². The van der Waals surface area contributed by atoms with Crippen LogP contribution in [0, 0.1) is 11.6 Å². The van der Waals surface area contributed by atoms with Crippen molar-refractivity contribution in [3.63, 3.8) is 0 Å². The number of imidazole rings is 1. The highest BCUT2D eigenvalue weighted by atomic mass is 32.1. The van der Waals surface area contributed by atoms with E-state index in [0.717, 1.165) is 0 Å². The predicted octanol–water partition coefficient (Wildman–Crippen LogP) is 4.64. The lowest BCUT2D eigenvalue weighted by Gasteiger charge is -2.27. The van der Waals surface area contributed by atoms with Gasteiger partial charge in [0.05, 0.1) is 28.3 Å². The highest BCUT2D eigenvalue weighted by Crippen LogP contribution is 2.16. The first-order chi connectivity index (χ1) is 18.1. The Morgan fingerprint density at radius 1 is 1.13 bits per heavy atom. The van der Waals surface area contributed by atoms with Gasteiger partial charge in [-0.3, -0.25) is 9.78 Å². The summed E-state index contributed by atoms with van der Waals surface area (Å²) in [6.07, 6.45) is 1.78. The number of nitrogens with one attached hydrogen (secondary N) is 2. The predicted molar refractivity (Wildman–Crippen MR) is 139 cm³/mol. The van der Waals surface area contributed by atoms with Crippen LogP contribution in [0.1, 0.15) is 47.8 Å². The third kappa shape index (κ3) is 7.31. The van der Waals surface area contributed by atoms with E-state index in [1.165, 1.54) is 41.8 Å². The van der Waals surface area contributed by atoms with E-state index in [0.29, 0.717) is 47.8 Å². The number of nitrogens with zero attached hydrogens (tertiary/aromatic N) is 4. The van der Waals surface area contributed by atoms with Gasteiger partial charge in [-0.2, -0.15) is 0 Å². The molecule has 0 radical (unpaired) electrons. The maximum atomic E-state index is 13.7. The number of halogens is 2. The fourth-order valence-corrected chi connectivity index (χ4v) is 4.34. The number of fused-ring (bicyclic) bond motifs is 1. The summed E-state index contributed by atoms with van der Waals surface area (Å²) in [6, 6.07) is 7.09. The highest BCUT2D eigenvalue weighted by Gasteiger charge is 2.23. The summed E-state index contributed by atoms with van der Waals surface area (Å²) in [5.41, 5.74) is 0.900. The Hall–Kier alpha value is -3.93. The van der Waals surface area contributed by atoms with Crippen LogP contribution in [-0.2, 0) is 24.1 Å². The summed E-state index contributed by atoms with van der Waals surface area (Å²) in [5, 5.41) is 4.89. The van der Waals surface area contributed by atoms with Crippen molar-refractivity contribution in [2.45, 2.75) is 45.8 Å². The standard InChI is InChI=1S/C26H28F2N6O3S/c1-26(2,3)37-25(36)34(11-8-22-31-18-7-6-16(27)13-19(18)32-22)12-9-23-33-21(15-38-23)24(35)30-14-20-17(28)5-4-10-29-20/h4-7,10,13,15H,8-9,11-12,14H2,1-3H3,(H,30,35)(H,31,32). The number of benzene rings is 1. The van der Waals surface area contributed by atoms with Gasteiger partial charge in [0.15, 0.2) is 0 Å². The van der Waals surface area contributed by atoms with E-state index in [1.807, 2.05) is 0 Å². The molecule has 0 fully saturated rings. The molecule has 3 aromatic heterocycles. The summed E-state index contributed by atoms with van der Waals surface area (Å²) in [4.78, 5) is 42.7. The highest BCUT2D eigenvalue weighted by molar-refractivity contribution is 7.09. The fourth-order valence-electron chi connectivity index (χ4n) is 3.58. The van der Waals surface area contributed by atoms with Crippen LogP contribution in [0.2, 0.25) is 0 Å². The first-order valence-corrected chi connectivity index (χ1v) is 12.9. The summed E-state index contributed by atoms with van der Waals surface area (Å²) >= 11 is 1.29. The number of amides is 2. The molecular formula is C26H28F2N6O3S. The molecule has 4 aromatic rings. The Kier molecular flexibility index (Phi) is 8.30. The third-order valence-electron chi connectivity index (χ3n) is 5.40. The van der Waals surface area contributed by atoms with E-state index in [9.17, 15) is 18.4 Å². The number of rotatable bonds is 9. The average Bonchev–Trinajstić information content (AvgIpc) is 3.49. The van der Waals surface area contributed by atoms with Gasteiger partial charge in [-0.05, 0) is 45.0 Å². The summed E-state index contributed by atoms with van der Waals surface area (Å²) < 4.78 is 32.8. The molecule has 1 aromatic carbocycles. The largest absolute Gasteiger partial charge is 0.444 e. The molecule has 38 heavy (non-hydrogen) atoms. The van der Waals surface area contributed by atoms with Crippen LogP contribution in [0.3, 0.4) is 0 Å². The molecular weight excluding hydrogens is 514 g/mol. The molecule has 3 heterocycles. The van der Waals surface area contributed by atoms with Gasteiger partial charge in [0.2, 0.25) is 0 Å². The van der Waals surface area contributed by atoms with E-state index in [1.54, 1.807) is 37.1 Å². The number of carbonyl (C=O) groups is 2. The SMILES string of the molecule is CC(C)(C)OC(=O)N(CCc1nc2cc(F)ccc2[nH]1)CCc1nc(C(=O)NCc2ncccc2F)cs1. The van der Waals surface area contributed by atoms with Gasteiger partial charge in [-0.1, -0.05) is 0 Å². The van der Waals surface area contributed by atoms with E-state index >= 15 is 0 Å². The quantitative estimate of drug-likeness (QED) is 0.319. The monoisotopic (exact) mass is 542 g/mol. The molecule has 2 N–H and O–H groups in total. The van der Waals surface area contributed by atoms with Crippen LogP contribution in [0.5, 0.6) is 0 Å². The van der Waals surface area contributed by atoms with Crippen LogP contribution in [0.4, 0.5) is 13.6 Å². The number of hydrogen-bond acceptors (Lipinski definition) is 7. The Bertz CT molecular complexity index is 1430. The number of H-pyrrole nitrogens is 1. The summed E-state index contributed by atoms with van der Waals surface area (Å²) in [6.45, 7) is 5.93. The normalized spacial score (nSPS) is 11.5. The first-order valence-electron chi connectivity index (χ1n) is 12.0. The van der Waals surface area contributed by atoms with Crippen molar-refractivity contribution in [1.29, 1.82) is 0 Å². The van der Waals surface area contributed by atoms with Gasteiger partial charge in [0.25, 0.3) is 5.91 Å². The zero-order valence-corrected chi connectivity index (χ0v) is 22.1. The van der Waals surface area contributed by atoms with E-state index < -0.39 is 23.4 Å². The molecule has 200 valence electrons. The summed E-state index contributed by atoms with van der Waals surface area (Å²) in [5.74, 6) is -0.685. The van der Waals surface area contributed by atoms with Gasteiger partial charge in [0, 0.05) is 43.6 Å². The number of hydrogen-bond donors (Lipinski definition) is 2. The number of aromatic amines is 1. The van der Waals surface area contributed by atoms with Crippen molar-refractivity contribution in [3.8, 4) is 0 Å². The molecule has 0 spiro atoms. The zero-order valence-electron chi connectivity index (χ0n) is 21.3. The van der Waals surface area contributed by atoms with Crippen molar-refractivity contribution < 1.29 is 23.1 Å². The molecule has 0 atom stereocenters. The first kappa shape index (κ1) is 27.1. The third-order valence-corrected chi connectivity index (χ3v) is 6.30. The second-order valence-corrected chi connectivity index (χ2v) is 10.5. The van der Waals surface area contributed by atoms with Crippen molar-refractivity contribution >= 4 is 34.4 Å². The van der Waals surface area contributed by atoms with Crippen LogP contribution in [0.15, 0.2) is 41.9 Å². The maximum Gasteiger partial charge on any atom is 0.410 e. The lowest BCUT2D eigenvalue weighted by Crippen LogP contribution is -2.39. The Labute approximate surface area is 222 Å². The number of pyridine rings is 1. The minimum atomic E-state index is -0.675. The fraction of sp³-hybridized carbons (Fsp3) is 0.346. The Balaban J connectivity index is 1.37. The molecule has 0 aliphatic carbocycles. The molecule has 4 rings (SSSR count). The number of carbonyl (C=O) groups excluding carboxylic acids is 2. The lowest BCUT2D eigenvalue weighted by molar-refractivity contribution is 0.0253. The molecule has 9 nitrogen and oxygen atoms in total. The molecule has 2 amide bonds. The van der Waals surface area contributed by atoms with Crippen molar-refractivity contribution in [3.05, 3.63) is 75.8 Å². The van der Waals surface area contributed by atoms with Crippen LogP contribution in [-0.4, -0.2) is 55.5 Å². The molecule has 0 saturated carbocycles. The molecule has 12 heteroatoms. The minimum Gasteiger partial charge on any atom is -0.444 e. The number of ether oxygens (including phenoxy) is 1. The van der Waals surface area contributed by atoms with Gasteiger partial charge in [-0.15, -0.1) is 11.3 Å². The minimum absolute atomic E-state index is 0.0563. The van der Waals surface area contributed by atoms with Crippen molar-refractivity contribution in [1.82, 2.24) is 30.2 Å². The lowest BCUT2D eigenvalue weighted by atomic mass is 10.2. The van der Waals surface area contributed by atoms with Gasteiger partial charge in [0.1, 0.15) is 28.8 Å². The van der Waals surface area contributed by atoms with E-state index in [-0.39, 0.29) is 23.7 Å².